The Bertz CT molecular complexity index is 236. The number of hydrazine groups is 1. The van der Waals surface area contributed by atoms with Gasteiger partial charge in [0, 0.05) is 11.8 Å². The van der Waals surface area contributed by atoms with Gasteiger partial charge in [-0.2, -0.15) is 0 Å². The minimum atomic E-state index is 0.0579. The van der Waals surface area contributed by atoms with Crippen LogP contribution in [0.4, 0.5) is 11.4 Å². The lowest BCUT2D eigenvalue weighted by atomic mass is 10.3. The van der Waals surface area contributed by atoms with Crippen LogP contribution < -0.4 is 17.0 Å². The molecular weight excluding hydrogens is 130 g/mol. The lowest BCUT2D eigenvalue weighted by molar-refractivity contribution is 0.477. The first-order chi connectivity index (χ1) is 4.74. The average Bonchev–Trinajstić information content (AvgIpc) is 1.88. The maximum Gasteiger partial charge on any atom is 0.142 e. The van der Waals surface area contributed by atoms with Crippen LogP contribution in [0.3, 0.4) is 0 Å². The lowest BCUT2D eigenvalue weighted by Gasteiger charge is -2.02. The van der Waals surface area contributed by atoms with E-state index in [0.717, 1.165) is 0 Å². The van der Waals surface area contributed by atoms with E-state index >= 15 is 0 Å². The van der Waals surface area contributed by atoms with Gasteiger partial charge in [0.1, 0.15) is 5.75 Å². The zero-order chi connectivity index (χ0) is 7.56. The largest absolute Gasteiger partial charge is 0.506 e. The number of hydrogen-bond donors (Lipinski definition) is 4. The number of nitrogen functional groups attached to an aromatic ring is 2. The van der Waals surface area contributed by atoms with E-state index in [-0.39, 0.29) is 5.75 Å². The van der Waals surface area contributed by atoms with Crippen molar-refractivity contribution in [3.63, 3.8) is 0 Å². The smallest absolute Gasteiger partial charge is 0.142 e. The topological polar surface area (TPSA) is 84.3 Å². The van der Waals surface area contributed by atoms with Crippen molar-refractivity contribution in [2.24, 2.45) is 5.84 Å². The first kappa shape index (κ1) is 6.70. The van der Waals surface area contributed by atoms with E-state index in [1.54, 1.807) is 12.1 Å². The molecule has 0 unspecified atom stereocenters. The van der Waals surface area contributed by atoms with Crippen LogP contribution in [0.1, 0.15) is 0 Å². The maximum atomic E-state index is 9.07. The molecule has 6 N–H and O–H groups in total. The SMILES string of the molecule is NNc1ccc(N)cc1O. The highest BCUT2D eigenvalue weighted by Crippen LogP contribution is 2.23. The summed E-state index contributed by atoms with van der Waals surface area (Å²) in [4.78, 5) is 0. The highest BCUT2D eigenvalue weighted by Gasteiger charge is 1.96. The van der Waals surface area contributed by atoms with E-state index in [1.165, 1.54) is 6.07 Å². The maximum absolute atomic E-state index is 9.07. The van der Waals surface area contributed by atoms with Gasteiger partial charge in [-0.1, -0.05) is 0 Å². The number of aromatic hydroxyl groups is 1. The van der Waals surface area contributed by atoms with Crippen LogP contribution in [0.15, 0.2) is 18.2 Å². The zero-order valence-corrected chi connectivity index (χ0v) is 5.33. The summed E-state index contributed by atoms with van der Waals surface area (Å²) >= 11 is 0. The Balaban J connectivity index is 3.07. The Morgan fingerprint density at radius 1 is 1.40 bits per heavy atom. The number of nitrogens with two attached hydrogens (primary N) is 2. The highest BCUT2D eigenvalue weighted by molar-refractivity contribution is 5.60. The summed E-state index contributed by atoms with van der Waals surface area (Å²) in [5.74, 6) is 5.11. The lowest BCUT2D eigenvalue weighted by Crippen LogP contribution is -2.06. The molecule has 0 aliphatic rings. The fraction of sp³-hybridized carbons (Fsp3) is 0. The molecule has 0 radical (unpaired) electrons. The Labute approximate surface area is 58.4 Å². The summed E-state index contributed by atoms with van der Waals surface area (Å²) in [7, 11) is 0. The quantitative estimate of drug-likeness (QED) is 0.194. The molecule has 0 heterocycles. The van der Waals surface area contributed by atoms with Crippen molar-refractivity contribution in [3.05, 3.63) is 18.2 Å². The predicted octanol–water partition coefficient (Wildman–Crippen LogP) is 0.260. The van der Waals surface area contributed by atoms with Gasteiger partial charge in [0.05, 0.1) is 5.69 Å². The molecule has 0 aliphatic carbocycles. The normalized spacial score (nSPS) is 9.30. The first-order valence-electron chi connectivity index (χ1n) is 2.79. The Kier molecular flexibility index (Phi) is 1.64. The molecule has 1 aromatic carbocycles. The fourth-order valence-corrected chi connectivity index (χ4v) is 0.671. The molecule has 0 saturated carbocycles. The van der Waals surface area contributed by atoms with Gasteiger partial charge in [0.2, 0.25) is 0 Å². The van der Waals surface area contributed by atoms with Gasteiger partial charge >= 0.3 is 0 Å². The second-order valence-electron chi connectivity index (χ2n) is 1.92. The minimum absolute atomic E-state index is 0.0579. The molecule has 0 fully saturated rings. The minimum Gasteiger partial charge on any atom is -0.506 e. The van der Waals surface area contributed by atoms with Crippen LogP contribution in [-0.4, -0.2) is 5.11 Å². The zero-order valence-electron chi connectivity index (χ0n) is 5.33. The highest BCUT2D eigenvalue weighted by atomic mass is 16.3. The molecule has 0 saturated heterocycles. The number of rotatable bonds is 1. The second-order valence-corrected chi connectivity index (χ2v) is 1.92. The van der Waals surface area contributed by atoms with E-state index in [9.17, 15) is 0 Å². The molecule has 0 aromatic heterocycles. The predicted molar refractivity (Wildman–Crippen MR) is 40.3 cm³/mol. The molecule has 0 bridgehead atoms. The molecule has 0 amide bonds. The summed E-state index contributed by atoms with van der Waals surface area (Å²) in [5, 5.41) is 9.07. The van der Waals surface area contributed by atoms with Gasteiger partial charge in [-0.15, -0.1) is 0 Å². The van der Waals surface area contributed by atoms with E-state index in [4.69, 9.17) is 16.7 Å². The van der Waals surface area contributed by atoms with Gasteiger partial charge in [-0.25, -0.2) is 0 Å². The molecule has 54 valence electrons. The molecule has 0 aliphatic heterocycles. The number of benzene rings is 1. The summed E-state index contributed by atoms with van der Waals surface area (Å²) < 4.78 is 0. The number of phenols is 1. The van der Waals surface area contributed by atoms with Gasteiger partial charge < -0.3 is 16.3 Å². The molecule has 10 heavy (non-hydrogen) atoms. The summed E-state index contributed by atoms with van der Waals surface area (Å²) in [6.45, 7) is 0. The molecule has 4 heteroatoms. The van der Waals surface area contributed by atoms with Gasteiger partial charge in [0.25, 0.3) is 0 Å². The van der Waals surface area contributed by atoms with Gasteiger partial charge in [0.15, 0.2) is 0 Å². The first-order valence-corrected chi connectivity index (χ1v) is 2.79. The third-order valence-electron chi connectivity index (χ3n) is 1.18. The summed E-state index contributed by atoms with van der Waals surface area (Å²) in [5.41, 5.74) is 8.65. The van der Waals surface area contributed by atoms with E-state index in [2.05, 4.69) is 5.43 Å². The van der Waals surface area contributed by atoms with Crippen LogP contribution >= 0.6 is 0 Å². The Morgan fingerprint density at radius 3 is 2.60 bits per heavy atom. The molecule has 0 atom stereocenters. The van der Waals surface area contributed by atoms with Crippen molar-refractivity contribution in [1.82, 2.24) is 0 Å². The van der Waals surface area contributed by atoms with E-state index in [1.807, 2.05) is 0 Å². The fourth-order valence-electron chi connectivity index (χ4n) is 0.671. The molecular formula is C6H9N3O. The third-order valence-corrected chi connectivity index (χ3v) is 1.18. The Hall–Kier alpha value is -1.42. The number of hydrogen-bond acceptors (Lipinski definition) is 4. The van der Waals surface area contributed by atoms with Gasteiger partial charge in [-0.05, 0) is 12.1 Å². The second kappa shape index (κ2) is 2.45. The van der Waals surface area contributed by atoms with Crippen molar-refractivity contribution in [3.8, 4) is 5.75 Å². The summed E-state index contributed by atoms with van der Waals surface area (Å²) in [6, 6.07) is 4.68. The standard InChI is InChI=1S/C6H9N3O/c7-4-1-2-5(9-8)6(10)3-4/h1-3,9-10H,7-8H2. The van der Waals surface area contributed by atoms with E-state index in [0.29, 0.717) is 11.4 Å². The van der Waals surface area contributed by atoms with Crippen molar-refractivity contribution in [2.75, 3.05) is 11.2 Å². The molecule has 4 nitrogen and oxygen atoms in total. The number of phenolic OH excluding ortho intramolecular Hbond substituents is 1. The van der Waals surface area contributed by atoms with Crippen LogP contribution in [0.25, 0.3) is 0 Å². The average molecular weight is 139 g/mol. The monoisotopic (exact) mass is 139 g/mol. The summed E-state index contributed by atoms with van der Waals surface area (Å²) in [6.07, 6.45) is 0. The van der Waals surface area contributed by atoms with Crippen molar-refractivity contribution < 1.29 is 5.11 Å². The van der Waals surface area contributed by atoms with Crippen LogP contribution in [0.2, 0.25) is 0 Å². The van der Waals surface area contributed by atoms with Crippen LogP contribution in [0, 0.1) is 0 Å². The molecule has 0 spiro atoms. The van der Waals surface area contributed by atoms with E-state index < -0.39 is 0 Å². The van der Waals surface area contributed by atoms with Gasteiger partial charge in [-0.3, -0.25) is 5.84 Å². The van der Waals surface area contributed by atoms with Crippen molar-refractivity contribution >= 4 is 11.4 Å². The van der Waals surface area contributed by atoms with Crippen molar-refractivity contribution in [2.45, 2.75) is 0 Å². The molecule has 1 aromatic rings. The molecule has 1 rings (SSSR count). The third kappa shape index (κ3) is 1.11. The Morgan fingerprint density at radius 2 is 2.10 bits per heavy atom. The van der Waals surface area contributed by atoms with Crippen LogP contribution in [0.5, 0.6) is 5.75 Å². The van der Waals surface area contributed by atoms with Crippen LogP contribution in [-0.2, 0) is 0 Å². The number of nitrogens with one attached hydrogen (secondary N) is 1. The number of anilines is 2. The van der Waals surface area contributed by atoms with Crippen molar-refractivity contribution in [1.29, 1.82) is 0 Å².